The van der Waals surface area contributed by atoms with Crippen LogP contribution in [0.5, 0.6) is 0 Å². The van der Waals surface area contributed by atoms with Gasteiger partial charge < -0.3 is 9.64 Å². The van der Waals surface area contributed by atoms with E-state index < -0.39 is 0 Å². The van der Waals surface area contributed by atoms with Crippen LogP contribution in [0.1, 0.15) is 42.6 Å². The topological polar surface area (TPSA) is 66.9 Å². The van der Waals surface area contributed by atoms with Gasteiger partial charge in [-0.3, -0.25) is 19.3 Å². The van der Waals surface area contributed by atoms with Gasteiger partial charge in [0, 0.05) is 38.6 Å². The molecule has 0 saturated carbocycles. The first kappa shape index (κ1) is 19.1. The largest absolute Gasteiger partial charge is 0.383 e. The number of imide groups is 1. The number of amides is 3. The van der Waals surface area contributed by atoms with Gasteiger partial charge in [-0.2, -0.15) is 0 Å². The molecule has 0 spiro atoms. The van der Waals surface area contributed by atoms with Crippen molar-refractivity contribution in [1.82, 2.24) is 9.80 Å². The first-order chi connectivity index (χ1) is 11.9. The van der Waals surface area contributed by atoms with E-state index in [-0.39, 0.29) is 24.3 Å². The number of methoxy groups -OCH3 is 1. The molecule has 1 heterocycles. The van der Waals surface area contributed by atoms with Gasteiger partial charge in [-0.1, -0.05) is 26.0 Å². The summed E-state index contributed by atoms with van der Waals surface area (Å²) in [5.41, 5.74) is 1.44. The van der Waals surface area contributed by atoms with Gasteiger partial charge >= 0.3 is 0 Å². The number of carbonyl (C=O) groups excluding carboxylic acids is 3. The van der Waals surface area contributed by atoms with Crippen LogP contribution in [0.15, 0.2) is 24.3 Å². The lowest BCUT2D eigenvalue weighted by Crippen LogP contribution is -2.36. The third-order valence-electron chi connectivity index (χ3n) is 4.13. The van der Waals surface area contributed by atoms with Crippen LogP contribution in [0, 0.1) is 5.92 Å². The summed E-state index contributed by atoms with van der Waals surface area (Å²) < 4.78 is 5.09. The monoisotopic (exact) mass is 346 g/mol. The number of rotatable bonds is 8. The van der Waals surface area contributed by atoms with Crippen molar-refractivity contribution < 1.29 is 19.1 Å². The number of hydrogen-bond acceptors (Lipinski definition) is 4. The highest BCUT2D eigenvalue weighted by Crippen LogP contribution is 2.17. The molecule has 6 nitrogen and oxygen atoms in total. The molecule has 3 amide bonds. The molecular weight excluding hydrogens is 320 g/mol. The van der Waals surface area contributed by atoms with Crippen molar-refractivity contribution in [3.63, 3.8) is 0 Å². The van der Waals surface area contributed by atoms with Crippen LogP contribution in [-0.2, 0) is 20.9 Å². The molecule has 0 atom stereocenters. The molecule has 1 saturated heterocycles. The molecule has 0 N–H and O–H groups in total. The van der Waals surface area contributed by atoms with Crippen LogP contribution in [0.4, 0.5) is 0 Å². The standard InChI is InChI=1S/C19H26N2O4/c1-14(2)12-20(10-11-25-3)19(24)16-6-4-15(5-7-16)13-21-17(22)8-9-18(21)23/h4-7,14H,8-13H2,1-3H3. The highest BCUT2D eigenvalue weighted by atomic mass is 16.5. The number of carbonyl (C=O) groups is 3. The van der Waals surface area contributed by atoms with Gasteiger partial charge in [0.25, 0.3) is 5.91 Å². The number of hydrogen-bond donors (Lipinski definition) is 0. The Kier molecular flexibility index (Phi) is 6.70. The fourth-order valence-electron chi connectivity index (χ4n) is 2.84. The average Bonchev–Trinajstić information content (AvgIpc) is 2.90. The molecular formula is C19H26N2O4. The lowest BCUT2D eigenvalue weighted by atomic mass is 10.1. The number of likely N-dealkylation sites (tertiary alicyclic amines) is 1. The molecule has 1 aliphatic rings. The lowest BCUT2D eigenvalue weighted by Gasteiger charge is -2.24. The van der Waals surface area contributed by atoms with Gasteiger partial charge in [-0.05, 0) is 23.6 Å². The highest BCUT2D eigenvalue weighted by molar-refractivity contribution is 6.01. The van der Waals surface area contributed by atoms with E-state index in [1.54, 1.807) is 36.3 Å². The second kappa shape index (κ2) is 8.76. The summed E-state index contributed by atoms with van der Waals surface area (Å²) in [4.78, 5) is 39.1. The second-order valence-corrected chi connectivity index (χ2v) is 6.71. The van der Waals surface area contributed by atoms with Crippen molar-refractivity contribution in [2.45, 2.75) is 33.2 Å². The smallest absolute Gasteiger partial charge is 0.253 e. The fraction of sp³-hybridized carbons (Fsp3) is 0.526. The van der Waals surface area contributed by atoms with Crippen molar-refractivity contribution in [3.8, 4) is 0 Å². The molecule has 0 aromatic heterocycles. The van der Waals surface area contributed by atoms with Crippen molar-refractivity contribution >= 4 is 17.7 Å². The Bertz CT molecular complexity index is 609. The van der Waals surface area contributed by atoms with E-state index in [1.807, 2.05) is 0 Å². The summed E-state index contributed by atoms with van der Waals surface area (Å²) in [5.74, 6) is 0.0681. The minimum atomic E-state index is -0.132. The van der Waals surface area contributed by atoms with Crippen LogP contribution in [0.3, 0.4) is 0 Å². The molecule has 6 heteroatoms. The predicted molar refractivity (Wildman–Crippen MR) is 93.9 cm³/mol. The maximum atomic E-state index is 12.7. The maximum absolute atomic E-state index is 12.7. The first-order valence-electron chi connectivity index (χ1n) is 8.62. The van der Waals surface area contributed by atoms with E-state index in [2.05, 4.69) is 13.8 Å². The molecule has 1 aromatic rings. The lowest BCUT2D eigenvalue weighted by molar-refractivity contribution is -0.139. The van der Waals surface area contributed by atoms with Crippen molar-refractivity contribution in [1.29, 1.82) is 0 Å². The summed E-state index contributed by atoms with van der Waals surface area (Å²) in [6, 6.07) is 7.11. The molecule has 136 valence electrons. The van der Waals surface area contributed by atoms with Gasteiger partial charge in [-0.25, -0.2) is 0 Å². The van der Waals surface area contributed by atoms with Crippen LogP contribution >= 0.6 is 0 Å². The molecule has 0 bridgehead atoms. The minimum Gasteiger partial charge on any atom is -0.383 e. The zero-order chi connectivity index (χ0) is 18.4. The summed E-state index contributed by atoms with van der Waals surface area (Å²) in [7, 11) is 1.62. The van der Waals surface area contributed by atoms with Crippen LogP contribution < -0.4 is 0 Å². The zero-order valence-electron chi connectivity index (χ0n) is 15.2. The molecule has 1 fully saturated rings. The van der Waals surface area contributed by atoms with Gasteiger partial charge in [0.15, 0.2) is 0 Å². The Morgan fingerprint density at radius 3 is 2.28 bits per heavy atom. The third-order valence-corrected chi connectivity index (χ3v) is 4.13. The quantitative estimate of drug-likeness (QED) is 0.676. The normalized spacial score (nSPS) is 14.5. The van der Waals surface area contributed by atoms with E-state index in [9.17, 15) is 14.4 Å². The minimum absolute atomic E-state index is 0.0365. The Hall–Kier alpha value is -2.21. The van der Waals surface area contributed by atoms with Crippen LogP contribution in [-0.4, -0.2) is 54.3 Å². The van der Waals surface area contributed by atoms with Crippen molar-refractivity contribution in [2.75, 3.05) is 26.8 Å². The van der Waals surface area contributed by atoms with E-state index in [0.29, 0.717) is 44.0 Å². The molecule has 2 rings (SSSR count). The highest BCUT2D eigenvalue weighted by Gasteiger charge is 2.28. The van der Waals surface area contributed by atoms with E-state index in [1.165, 1.54) is 4.90 Å². The molecule has 25 heavy (non-hydrogen) atoms. The number of ether oxygens (including phenoxy) is 1. The first-order valence-corrected chi connectivity index (χ1v) is 8.62. The van der Waals surface area contributed by atoms with E-state index in [0.717, 1.165) is 5.56 Å². The Morgan fingerprint density at radius 1 is 1.16 bits per heavy atom. The van der Waals surface area contributed by atoms with E-state index in [4.69, 9.17) is 4.74 Å². The summed E-state index contributed by atoms with van der Waals surface area (Å²) in [6.07, 6.45) is 0.581. The van der Waals surface area contributed by atoms with E-state index >= 15 is 0 Å². The van der Waals surface area contributed by atoms with Gasteiger partial charge in [-0.15, -0.1) is 0 Å². The summed E-state index contributed by atoms with van der Waals surface area (Å²) in [5, 5.41) is 0. The van der Waals surface area contributed by atoms with Crippen LogP contribution in [0.2, 0.25) is 0 Å². The van der Waals surface area contributed by atoms with Gasteiger partial charge in [0.2, 0.25) is 11.8 Å². The van der Waals surface area contributed by atoms with Gasteiger partial charge in [0.05, 0.1) is 13.2 Å². The Balaban J connectivity index is 2.05. The molecule has 1 aliphatic heterocycles. The average molecular weight is 346 g/mol. The van der Waals surface area contributed by atoms with Crippen molar-refractivity contribution in [2.24, 2.45) is 5.92 Å². The summed E-state index contributed by atoms with van der Waals surface area (Å²) in [6.45, 7) is 6.12. The second-order valence-electron chi connectivity index (χ2n) is 6.71. The Morgan fingerprint density at radius 2 is 1.76 bits per heavy atom. The van der Waals surface area contributed by atoms with Crippen molar-refractivity contribution in [3.05, 3.63) is 35.4 Å². The SMILES string of the molecule is COCCN(CC(C)C)C(=O)c1ccc(CN2C(=O)CCC2=O)cc1. The van der Waals surface area contributed by atoms with Crippen LogP contribution in [0.25, 0.3) is 0 Å². The number of benzene rings is 1. The van der Waals surface area contributed by atoms with Gasteiger partial charge in [0.1, 0.15) is 0 Å². The molecule has 1 aromatic carbocycles. The maximum Gasteiger partial charge on any atom is 0.253 e. The number of nitrogens with zero attached hydrogens (tertiary/aromatic N) is 2. The molecule has 0 aliphatic carbocycles. The fourth-order valence-corrected chi connectivity index (χ4v) is 2.84. The Labute approximate surface area is 148 Å². The summed E-state index contributed by atoms with van der Waals surface area (Å²) >= 11 is 0. The molecule has 0 radical (unpaired) electrons. The predicted octanol–water partition coefficient (Wildman–Crippen LogP) is 2.08. The third kappa shape index (κ3) is 5.13. The zero-order valence-corrected chi connectivity index (χ0v) is 15.2. The molecule has 0 unspecified atom stereocenters.